The summed E-state index contributed by atoms with van der Waals surface area (Å²) in [6.07, 6.45) is 6.54. The molecule has 2 aromatic heterocycles. The van der Waals surface area contributed by atoms with Gasteiger partial charge in [-0.2, -0.15) is 4.98 Å². The first-order valence-corrected chi connectivity index (χ1v) is 8.08. The topological polar surface area (TPSA) is 42.2 Å². The van der Waals surface area contributed by atoms with Crippen LogP contribution in [-0.2, 0) is 0 Å². The average molecular weight is 292 g/mol. The first kappa shape index (κ1) is 13.3. The lowest BCUT2D eigenvalue weighted by Crippen LogP contribution is -2.09. The van der Waals surface area contributed by atoms with Gasteiger partial charge in [0, 0.05) is 17.3 Å². The molecule has 0 aliphatic heterocycles. The van der Waals surface area contributed by atoms with Gasteiger partial charge in [-0.25, -0.2) is 4.52 Å². The Hall–Kier alpha value is -2.36. The smallest absolute Gasteiger partial charge is 0.247 e. The molecule has 22 heavy (non-hydrogen) atoms. The lowest BCUT2D eigenvalue weighted by atomic mass is 9.87. The molecule has 4 heteroatoms. The number of benzene rings is 1. The second kappa shape index (κ2) is 5.79. The molecular formula is C18H20N4. The predicted octanol–water partition coefficient (Wildman–Crippen LogP) is 4.52. The maximum absolute atomic E-state index is 4.68. The van der Waals surface area contributed by atoms with E-state index in [0.717, 1.165) is 11.3 Å². The van der Waals surface area contributed by atoms with Crippen LogP contribution in [0.2, 0.25) is 0 Å². The van der Waals surface area contributed by atoms with Crippen molar-refractivity contribution in [1.29, 1.82) is 0 Å². The highest BCUT2D eigenvalue weighted by molar-refractivity contribution is 5.55. The van der Waals surface area contributed by atoms with E-state index < -0.39 is 0 Å². The highest BCUT2D eigenvalue weighted by atomic mass is 15.4. The first-order chi connectivity index (χ1) is 10.9. The molecule has 2 heterocycles. The minimum absolute atomic E-state index is 0.615. The van der Waals surface area contributed by atoms with Crippen molar-refractivity contribution in [2.45, 2.75) is 38.0 Å². The number of hydrogen-bond acceptors (Lipinski definition) is 3. The number of rotatable bonds is 3. The van der Waals surface area contributed by atoms with Crippen LogP contribution in [0.4, 0.5) is 11.6 Å². The highest BCUT2D eigenvalue weighted by Crippen LogP contribution is 2.32. The average Bonchev–Trinajstić information content (AvgIpc) is 2.99. The van der Waals surface area contributed by atoms with Crippen molar-refractivity contribution >= 4 is 17.3 Å². The zero-order valence-corrected chi connectivity index (χ0v) is 12.6. The fourth-order valence-electron chi connectivity index (χ4n) is 3.34. The van der Waals surface area contributed by atoms with Gasteiger partial charge in [0.05, 0.1) is 0 Å². The second-order valence-corrected chi connectivity index (χ2v) is 5.98. The molecule has 1 saturated carbocycles. The normalized spacial score (nSPS) is 16.0. The standard InChI is InChI=1S/C18H20N4/c1-3-8-14(9-4-1)16-12-7-13-17-20-18(21-22(16)17)19-15-10-5-2-6-11-15/h2,5-7,10-14H,1,3-4,8-9H2,(H,19,21). The SMILES string of the molecule is c1ccc(Nc2nc3cccc(C4CCCCC4)n3n2)cc1. The molecule has 1 fully saturated rings. The lowest BCUT2D eigenvalue weighted by molar-refractivity contribution is 0.431. The van der Waals surface area contributed by atoms with Gasteiger partial charge in [-0.05, 0) is 37.1 Å². The van der Waals surface area contributed by atoms with Gasteiger partial charge < -0.3 is 5.32 Å². The zero-order valence-electron chi connectivity index (χ0n) is 12.6. The van der Waals surface area contributed by atoms with E-state index in [-0.39, 0.29) is 0 Å². The quantitative estimate of drug-likeness (QED) is 0.771. The van der Waals surface area contributed by atoms with Crippen molar-refractivity contribution < 1.29 is 0 Å². The van der Waals surface area contributed by atoms with Gasteiger partial charge in [0.1, 0.15) is 0 Å². The monoisotopic (exact) mass is 292 g/mol. The van der Waals surface area contributed by atoms with Gasteiger partial charge in [0.15, 0.2) is 5.65 Å². The predicted molar refractivity (Wildman–Crippen MR) is 88.5 cm³/mol. The number of hydrogen-bond donors (Lipinski definition) is 1. The van der Waals surface area contributed by atoms with Crippen LogP contribution >= 0.6 is 0 Å². The molecule has 0 bridgehead atoms. The van der Waals surface area contributed by atoms with Gasteiger partial charge in [-0.3, -0.25) is 0 Å². The molecule has 0 spiro atoms. The van der Waals surface area contributed by atoms with Crippen LogP contribution in [0.25, 0.3) is 5.65 Å². The van der Waals surface area contributed by atoms with E-state index in [4.69, 9.17) is 0 Å². The van der Waals surface area contributed by atoms with Crippen molar-refractivity contribution in [3.8, 4) is 0 Å². The molecule has 4 rings (SSSR count). The van der Waals surface area contributed by atoms with Gasteiger partial charge in [-0.15, -0.1) is 5.10 Å². The van der Waals surface area contributed by atoms with Crippen LogP contribution < -0.4 is 5.32 Å². The molecule has 1 aromatic carbocycles. The van der Waals surface area contributed by atoms with Gasteiger partial charge in [-0.1, -0.05) is 43.5 Å². The Labute approximate surface area is 130 Å². The summed E-state index contributed by atoms with van der Waals surface area (Å²) in [5, 5.41) is 7.96. The molecular weight excluding hydrogens is 272 g/mol. The van der Waals surface area contributed by atoms with E-state index in [1.807, 2.05) is 40.9 Å². The van der Waals surface area contributed by atoms with Gasteiger partial charge in [0.2, 0.25) is 5.95 Å². The van der Waals surface area contributed by atoms with Crippen LogP contribution in [0.1, 0.15) is 43.7 Å². The summed E-state index contributed by atoms with van der Waals surface area (Å²) < 4.78 is 2.02. The van der Waals surface area contributed by atoms with Crippen molar-refractivity contribution in [3.05, 3.63) is 54.2 Å². The lowest BCUT2D eigenvalue weighted by Gasteiger charge is -2.22. The molecule has 0 unspecified atom stereocenters. The van der Waals surface area contributed by atoms with E-state index in [1.54, 1.807) is 0 Å². The summed E-state index contributed by atoms with van der Waals surface area (Å²) >= 11 is 0. The Balaban J connectivity index is 1.68. The molecule has 4 nitrogen and oxygen atoms in total. The third kappa shape index (κ3) is 2.56. The maximum atomic E-state index is 4.68. The molecule has 1 aliphatic rings. The summed E-state index contributed by atoms with van der Waals surface area (Å²) in [5.74, 6) is 1.28. The highest BCUT2D eigenvalue weighted by Gasteiger charge is 2.19. The summed E-state index contributed by atoms with van der Waals surface area (Å²) in [7, 11) is 0. The third-order valence-electron chi connectivity index (χ3n) is 4.44. The Morgan fingerprint density at radius 3 is 2.55 bits per heavy atom. The van der Waals surface area contributed by atoms with Crippen molar-refractivity contribution in [1.82, 2.24) is 14.6 Å². The van der Waals surface area contributed by atoms with E-state index >= 15 is 0 Å². The van der Waals surface area contributed by atoms with Crippen LogP contribution in [0, 0.1) is 0 Å². The first-order valence-electron chi connectivity index (χ1n) is 8.08. The summed E-state index contributed by atoms with van der Waals surface area (Å²) in [6, 6.07) is 16.4. The van der Waals surface area contributed by atoms with Crippen LogP contribution in [0.3, 0.4) is 0 Å². The summed E-state index contributed by atoms with van der Waals surface area (Å²) in [5.41, 5.74) is 3.23. The Bertz CT molecular complexity index is 757. The van der Waals surface area contributed by atoms with Gasteiger partial charge in [0.25, 0.3) is 0 Å². The number of fused-ring (bicyclic) bond motifs is 1. The van der Waals surface area contributed by atoms with Crippen molar-refractivity contribution in [3.63, 3.8) is 0 Å². The summed E-state index contributed by atoms with van der Waals surface area (Å²) in [4.78, 5) is 4.60. The Kier molecular flexibility index (Phi) is 3.51. The van der Waals surface area contributed by atoms with E-state index in [0.29, 0.717) is 11.9 Å². The Morgan fingerprint density at radius 1 is 0.909 bits per heavy atom. The van der Waals surface area contributed by atoms with Crippen LogP contribution in [0.5, 0.6) is 0 Å². The van der Waals surface area contributed by atoms with Crippen molar-refractivity contribution in [2.75, 3.05) is 5.32 Å². The molecule has 0 atom stereocenters. The van der Waals surface area contributed by atoms with E-state index in [1.165, 1.54) is 37.8 Å². The number of nitrogens with one attached hydrogen (secondary N) is 1. The third-order valence-corrected chi connectivity index (χ3v) is 4.44. The Morgan fingerprint density at radius 2 is 1.73 bits per heavy atom. The molecule has 0 saturated heterocycles. The van der Waals surface area contributed by atoms with E-state index in [9.17, 15) is 0 Å². The molecule has 1 N–H and O–H groups in total. The summed E-state index contributed by atoms with van der Waals surface area (Å²) in [6.45, 7) is 0. The zero-order chi connectivity index (χ0) is 14.8. The van der Waals surface area contributed by atoms with Crippen LogP contribution in [-0.4, -0.2) is 14.6 Å². The molecule has 0 amide bonds. The minimum atomic E-state index is 0.615. The molecule has 1 aliphatic carbocycles. The number of aromatic nitrogens is 3. The number of nitrogens with zero attached hydrogens (tertiary/aromatic N) is 3. The largest absolute Gasteiger partial charge is 0.323 e. The van der Waals surface area contributed by atoms with E-state index in [2.05, 4.69) is 27.5 Å². The molecule has 0 radical (unpaired) electrons. The van der Waals surface area contributed by atoms with Gasteiger partial charge >= 0.3 is 0 Å². The van der Waals surface area contributed by atoms with Crippen LogP contribution in [0.15, 0.2) is 48.5 Å². The molecule has 112 valence electrons. The number of para-hydroxylation sites is 1. The number of anilines is 2. The minimum Gasteiger partial charge on any atom is -0.323 e. The van der Waals surface area contributed by atoms with Crippen molar-refractivity contribution in [2.24, 2.45) is 0 Å². The maximum Gasteiger partial charge on any atom is 0.247 e. The molecule has 3 aromatic rings. The fourth-order valence-corrected chi connectivity index (χ4v) is 3.34. The fraction of sp³-hybridized carbons (Fsp3) is 0.333. The second-order valence-electron chi connectivity index (χ2n) is 5.98. The number of pyridine rings is 1.